The van der Waals surface area contributed by atoms with E-state index in [0.717, 1.165) is 58.8 Å². The number of nitrogens with zero attached hydrogens (tertiary/aromatic N) is 2. The van der Waals surface area contributed by atoms with Gasteiger partial charge in [0.1, 0.15) is 11.5 Å². The van der Waals surface area contributed by atoms with Crippen LogP contribution in [0.15, 0.2) is 151 Å². The van der Waals surface area contributed by atoms with Gasteiger partial charge in [0.05, 0.1) is 22.4 Å². The minimum absolute atomic E-state index is 0.346. The van der Waals surface area contributed by atoms with E-state index in [0.29, 0.717) is 11.7 Å². The van der Waals surface area contributed by atoms with Crippen molar-refractivity contribution in [1.82, 2.24) is 9.97 Å². The number of hydrogen-bond acceptors (Lipinski definition) is 3. The van der Waals surface area contributed by atoms with Crippen molar-refractivity contribution in [2.45, 2.75) is 43.9 Å². The van der Waals surface area contributed by atoms with Crippen LogP contribution in [0.4, 0.5) is 0 Å². The van der Waals surface area contributed by atoms with Gasteiger partial charge in [-0.1, -0.05) is 147 Å². The second kappa shape index (κ2) is 11.2. The van der Waals surface area contributed by atoms with Gasteiger partial charge < -0.3 is 4.74 Å². The third-order valence-corrected chi connectivity index (χ3v) is 12.2. The molecule has 53 heavy (non-hydrogen) atoms. The highest BCUT2D eigenvalue weighted by Crippen LogP contribution is 2.63. The molecule has 5 aliphatic rings. The SMILES string of the molecule is CC1C=CC2=C(C1)c1ccccc1C21c2ccccc2Oc2c(-c3nc(-c4ccccc4)cc(C4(C)C=c5cccc6c5=C(C=CC6)C4)n3)cccc21. The monoisotopic (exact) mass is 682 g/mol. The maximum Gasteiger partial charge on any atom is 0.163 e. The minimum atomic E-state index is -0.517. The van der Waals surface area contributed by atoms with Crippen molar-refractivity contribution >= 4 is 17.2 Å². The summed E-state index contributed by atoms with van der Waals surface area (Å²) in [6.07, 6.45) is 14.7. The quantitative estimate of drug-likeness (QED) is 0.186. The van der Waals surface area contributed by atoms with Crippen molar-refractivity contribution < 1.29 is 4.74 Å². The Balaban J connectivity index is 1.17. The minimum Gasteiger partial charge on any atom is -0.456 e. The number of allylic oxidation sites excluding steroid dienone is 6. The van der Waals surface area contributed by atoms with E-state index < -0.39 is 5.41 Å². The fraction of sp³-hybridized carbons (Fsp3) is 0.160. The Morgan fingerprint density at radius 2 is 1.51 bits per heavy atom. The van der Waals surface area contributed by atoms with E-state index >= 15 is 0 Å². The zero-order chi connectivity index (χ0) is 35.3. The fourth-order valence-electron chi connectivity index (χ4n) is 9.94. The van der Waals surface area contributed by atoms with E-state index in [1.165, 1.54) is 49.4 Å². The first kappa shape index (κ1) is 30.6. The standard InChI is InChI=1S/C50H38N2O/c1-31-25-26-40-38(27-31)36-19-6-7-21-39(36)50(40)41-22-8-9-24-44(41)53-47-37(20-12-23-42(47)50)48-51-43(32-13-4-3-5-14-32)28-45(52-48)49(2)29-34-17-10-15-33-16-11-18-35(30-49)46(33)34/h3-15,17-26,28-29,31H,16,27,30H2,1-2H3. The zero-order valence-electron chi connectivity index (χ0n) is 29.9. The molecule has 0 N–H and O–H groups in total. The van der Waals surface area contributed by atoms with Crippen LogP contribution in [0.2, 0.25) is 0 Å². The van der Waals surface area contributed by atoms with Crippen LogP contribution in [0.5, 0.6) is 11.5 Å². The number of aromatic nitrogens is 2. The number of fused-ring (bicyclic) bond motifs is 8. The van der Waals surface area contributed by atoms with Crippen molar-refractivity contribution in [2.24, 2.45) is 5.92 Å². The molecule has 1 spiro atoms. The topological polar surface area (TPSA) is 35.0 Å². The number of para-hydroxylation sites is 2. The summed E-state index contributed by atoms with van der Waals surface area (Å²) >= 11 is 0. The molecule has 254 valence electrons. The van der Waals surface area contributed by atoms with E-state index in [9.17, 15) is 0 Å². The molecule has 0 radical (unpaired) electrons. The average Bonchev–Trinajstić information content (AvgIpc) is 3.48. The molecule has 3 atom stereocenters. The average molecular weight is 683 g/mol. The third-order valence-electron chi connectivity index (χ3n) is 12.2. The molecule has 0 amide bonds. The van der Waals surface area contributed by atoms with Crippen LogP contribution >= 0.6 is 0 Å². The summed E-state index contributed by atoms with van der Waals surface area (Å²) in [4.78, 5) is 10.9. The smallest absolute Gasteiger partial charge is 0.163 e. The molecule has 0 bridgehead atoms. The van der Waals surface area contributed by atoms with Crippen LogP contribution < -0.4 is 15.2 Å². The summed E-state index contributed by atoms with van der Waals surface area (Å²) in [7, 11) is 0. The first-order chi connectivity index (χ1) is 26.0. The molecule has 5 aromatic carbocycles. The van der Waals surface area contributed by atoms with Gasteiger partial charge in [0.2, 0.25) is 0 Å². The van der Waals surface area contributed by atoms with Gasteiger partial charge in [0.15, 0.2) is 5.82 Å². The van der Waals surface area contributed by atoms with E-state index in [1.54, 1.807) is 0 Å². The highest BCUT2D eigenvalue weighted by atomic mass is 16.5. The molecule has 1 aliphatic heterocycles. The molecule has 2 heterocycles. The molecule has 3 heteroatoms. The Hall–Kier alpha value is -6.06. The summed E-state index contributed by atoms with van der Waals surface area (Å²) in [6, 6.07) is 43.7. The molecule has 1 aromatic heterocycles. The predicted octanol–water partition coefficient (Wildman–Crippen LogP) is 10.0. The van der Waals surface area contributed by atoms with Gasteiger partial charge >= 0.3 is 0 Å². The number of ether oxygens (including phenoxy) is 1. The number of hydrogen-bond donors (Lipinski definition) is 0. The highest BCUT2D eigenvalue weighted by molar-refractivity contribution is 5.91. The van der Waals surface area contributed by atoms with E-state index in [1.807, 2.05) is 0 Å². The van der Waals surface area contributed by atoms with Crippen molar-refractivity contribution in [3.63, 3.8) is 0 Å². The molecule has 6 aromatic rings. The lowest BCUT2D eigenvalue weighted by molar-refractivity contribution is 0.436. The first-order valence-corrected chi connectivity index (χ1v) is 18.9. The van der Waals surface area contributed by atoms with Crippen molar-refractivity contribution in [3.05, 3.63) is 195 Å². The molecule has 0 saturated heterocycles. The molecule has 4 aliphatic carbocycles. The van der Waals surface area contributed by atoms with Crippen molar-refractivity contribution in [3.8, 4) is 34.1 Å². The molecular weight excluding hydrogens is 645 g/mol. The van der Waals surface area contributed by atoms with Gasteiger partial charge in [-0.3, -0.25) is 0 Å². The lowest BCUT2D eigenvalue weighted by Crippen LogP contribution is -2.40. The first-order valence-electron chi connectivity index (χ1n) is 18.9. The van der Waals surface area contributed by atoms with Crippen LogP contribution in [0.1, 0.15) is 60.2 Å². The molecule has 11 rings (SSSR count). The molecular formula is C50H38N2O. The summed E-state index contributed by atoms with van der Waals surface area (Å²) in [5.41, 5.74) is 13.6. The van der Waals surface area contributed by atoms with Crippen LogP contribution in [0, 0.1) is 5.92 Å². The van der Waals surface area contributed by atoms with Crippen LogP contribution in [0.3, 0.4) is 0 Å². The van der Waals surface area contributed by atoms with Gasteiger partial charge in [0, 0.05) is 22.1 Å². The number of benzene rings is 5. The molecule has 3 nitrogen and oxygen atoms in total. The Morgan fingerprint density at radius 1 is 0.736 bits per heavy atom. The maximum absolute atomic E-state index is 7.08. The second-order valence-corrected chi connectivity index (χ2v) is 15.6. The van der Waals surface area contributed by atoms with Gasteiger partial charge in [-0.15, -0.1) is 0 Å². The van der Waals surface area contributed by atoms with E-state index in [-0.39, 0.29) is 5.41 Å². The molecule has 3 unspecified atom stereocenters. The van der Waals surface area contributed by atoms with Crippen LogP contribution in [-0.4, -0.2) is 9.97 Å². The molecule has 0 fully saturated rings. The van der Waals surface area contributed by atoms with Gasteiger partial charge in [-0.25, -0.2) is 9.97 Å². The summed E-state index contributed by atoms with van der Waals surface area (Å²) in [5, 5.41) is 2.69. The van der Waals surface area contributed by atoms with Crippen LogP contribution in [-0.2, 0) is 17.3 Å². The predicted molar refractivity (Wildman–Crippen MR) is 214 cm³/mol. The summed E-state index contributed by atoms with van der Waals surface area (Å²) < 4.78 is 7.08. The van der Waals surface area contributed by atoms with Gasteiger partial charge in [-0.2, -0.15) is 0 Å². The lowest BCUT2D eigenvalue weighted by Gasteiger charge is -2.41. The Bertz CT molecular complexity index is 2770. The lowest BCUT2D eigenvalue weighted by atomic mass is 9.64. The highest BCUT2D eigenvalue weighted by Gasteiger charge is 2.52. The van der Waals surface area contributed by atoms with Crippen molar-refractivity contribution in [2.75, 3.05) is 0 Å². The Labute approximate surface area is 310 Å². The second-order valence-electron chi connectivity index (χ2n) is 15.6. The Morgan fingerprint density at radius 3 is 2.42 bits per heavy atom. The molecule has 0 saturated carbocycles. The fourth-order valence-corrected chi connectivity index (χ4v) is 9.94. The zero-order valence-corrected chi connectivity index (χ0v) is 29.9. The van der Waals surface area contributed by atoms with Crippen molar-refractivity contribution in [1.29, 1.82) is 0 Å². The van der Waals surface area contributed by atoms with Gasteiger partial charge in [0.25, 0.3) is 0 Å². The Kier molecular flexibility index (Phi) is 6.47. The third kappa shape index (κ3) is 4.34. The number of rotatable bonds is 3. The maximum atomic E-state index is 7.08. The van der Waals surface area contributed by atoms with Gasteiger partial charge in [-0.05, 0) is 87.2 Å². The summed E-state index contributed by atoms with van der Waals surface area (Å²) in [6.45, 7) is 4.65. The largest absolute Gasteiger partial charge is 0.456 e. The summed E-state index contributed by atoms with van der Waals surface area (Å²) in [5.74, 6) is 2.86. The van der Waals surface area contributed by atoms with Crippen LogP contribution in [0.25, 0.3) is 39.9 Å². The van der Waals surface area contributed by atoms with E-state index in [4.69, 9.17) is 14.7 Å². The van der Waals surface area contributed by atoms with E-state index in [2.05, 4.69) is 166 Å². The normalized spacial score (nSPS) is 22.7.